The Hall–Kier alpha value is -0.910. The van der Waals surface area contributed by atoms with Crippen LogP contribution in [0.15, 0.2) is 50.9 Å². The Bertz CT molecular complexity index is 518. The van der Waals surface area contributed by atoms with Gasteiger partial charge in [0.25, 0.3) is 0 Å². The summed E-state index contributed by atoms with van der Waals surface area (Å²) in [5.74, 6) is -0.341. The normalized spacial score (nSPS) is 10.5. The van der Waals surface area contributed by atoms with Gasteiger partial charge in [-0.2, -0.15) is 0 Å². The highest BCUT2D eigenvalue weighted by molar-refractivity contribution is 9.10. The van der Waals surface area contributed by atoms with Crippen LogP contribution in [0.2, 0.25) is 0 Å². The largest absolute Gasteiger partial charge is 0.392 e. The Labute approximate surface area is 111 Å². The molecule has 2 aromatic rings. The smallest absolute Gasteiger partial charge is 0.137 e. The van der Waals surface area contributed by atoms with Crippen LogP contribution < -0.4 is 0 Å². The number of aliphatic hydroxyl groups excluding tert-OH is 1. The van der Waals surface area contributed by atoms with Crippen LogP contribution in [0.4, 0.5) is 4.39 Å². The first-order chi connectivity index (χ1) is 8.20. The van der Waals surface area contributed by atoms with Gasteiger partial charge in [-0.15, -0.1) is 0 Å². The zero-order valence-corrected chi connectivity index (χ0v) is 11.1. The van der Waals surface area contributed by atoms with Gasteiger partial charge in [0.2, 0.25) is 0 Å². The third-order valence-corrected chi connectivity index (χ3v) is 3.71. The van der Waals surface area contributed by atoms with E-state index in [4.69, 9.17) is 5.11 Å². The number of hydrogen-bond donors (Lipinski definition) is 1. The van der Waals surface area contributed by atoms with Crippen molar-refractivity contribution in [2.24, 2.45) is 0 Å². The molecule has 2 rings (SSSR count). The van der Waals surface area contributed by atoms with Crippen molar-refractivity contribution in [2.75, 3.05) is 0 Å². The Morgan fingerprint density at radius 1 is 1.29 bits per heavy atom. The van der Waals surface area contributed by atoms with Crippen molar-refractivity contribution in [3.8, 4) is 0 Å². The first kappa shape index (κ1) is 12.5. The van der Waals surface area contributed by atoms with E-state index >= 15 is 0 Å². The van der Waals surface area contributed by atoms with Crippen LogP contribution in [0, 0.1) is 5.82 Å². The van der Waals surface area contributed by atoms with Crippen molar-refractivity contribution >= 4 is 27.7 Å². The van der Waals surface area contributed by atoms with Gasteiger partial charge in [0, 0.05) is 10.7 Å². The second-order valence-electron chi connectivity index (χ2n) is 3.30. The van der Waals surface area contributed by atoms with Crippen molar-refractivity contribution in [3.05, 3.63) is 52.4 Å². The first-order valence-corrected chi connectivity index (χ1v) is 6.49. The summed E-state index contributed by atoms with van der Waals surface area (Å²) in [5.41, 5.74) is 0.569. The molecule has 17 heavy (non-hydrogen) atoms. The van der Waals surface area contributed by atoms with Gasteiger partial charge >= 0.3 is 0 Å². The van der Waals surface area contributed by atoms with Crippen LogP contribution in [-0.4, -0.2) is 10.1 Å². The molecule has 1 aromatic heterocycles. The van der Waals surface area contributed by atoms with Gasteiger partial charge in [0.1, 0.15) is 10.8 Å². The molecular weight excluding hydrogens is 305 g/mol. The average molecular weight is 314 g/mol. The van der Waals surface area contributed by atoms with Crippen LogP contribution in [0.1, 0.15) is 5.56 Å². The molecule has 0 bridgehead atoms. The maximum atomic E-state index is 13.6. The molecule has 0 amide bonds. The molecule has 0 aliphatic rings. The van der Waals surface area contributed by atoms with Crippen molar-refractivity contribution in [3.63, 3.8) is 0 Å². The van der Waals surface area contributed by atoms with Gasteiger partial charge in [0.15, 0.2) is 0 Å². The molecule has 0 saturated heterocycles. The standard InChI is InChI=1S/C12H9BrFNOS/c13-9-4-5-11(15-6-9)17-12-8(7-16)2-1-3-10(12)14/h1-6,16H,7H2. The number of pyridine rings is 1. The van der Waals surface area contributed by atoms with Gasteiger partial charge in [-0.05, 0) is 39.7 Å². The van der Waals surface area contributed by atoms with E-state index in [1.54, 1.807) is 24.4 Å². The third-order valence-electron chi connectivity index (χ3n) is 2.13. The fraction of sp³-hybridized carbons (Fsp3) is 0.0833. The summed E-state index contributed by atoms with van der Waals surface area (Å²) < 4.78 is 14.5. The summed E-state index contributed by atoms with van der Waals surface area (Å²) in [6, 6.07) is 8.29. The lowest BCUT2D eigenvalue weighted by molar-refractivity contribution is 0.277. The lowest BCUT2D eigenvalue weighted by Gasteiger charge is -2.07. The van der Waals surface area contributed by atoms with E-state index in [2.05, 4.69) is 20.9 Å². The summed E-state index contributed by atoms with van der Waals surface area (Å²) in [6.07, 6.45) is 1.65. The number of benzene rings is 1. The molecule has 0 unspecified atom stereocenters. The summed E-state index contributed by atoms with van der Waals surface area (Å²) in [5, 5.41) is 9.85. The number of rotatable bonds is 3. The molecule has 0 spiro atoms. The highest BCUT2D eigenvalue weighted by Gasteiger charge is 2.10. The number of aromatic nitrogens is 1. The van der Waals surface area contributed by atoms with Gasteiger partial charge in [-0.1, -0.05) is 23.9 Å². The van der Waals surface area contributed by atoms with E-state index in [1.165, 1.54) is 17.8 Å². The van der Waals surface area contributed by atoms with Crippen LogP contribution in [0.3, 0.4) is 0 Å². The maximum Gasteiger partial charge on any atom is 0.137 e. The predicted molar refractivity (Wildman–Crippen MR) is 68.4 cm³/mol. The molecule has 0 atom stereocenters. The van der Waals surface area contributed by atoms with E-state index in [-0.39, 0.29) is 12.4 Å². The number of halogens is 2. The second kappa shape index (κ2) is 5.62. The Morgan fingerprint density at radius 3 is 2.76 bits per heavy atom. The molecule has 88 valence electrons. The SMILES string of the molecule is OCc1cccc(F)c1Sc1ccc(Br)cn1. The minimum Gasteiger partial charge on any atom is -0.392 e. The number of hydrogen-bond acceptors (Lipinski definition) is 3. The van der Waals surface area contributed by atoms with Gasteiger partial charge in [0.05, 0.1) is 11.5 Å². The molecular formula is C12H9BrFNOS. The number of nitrogens with zero attached hydrogens (tertiary/aromatic N) is 1. The van der Waals surface area contributed by atoms with Crippen LogP contribution >= 0.6 is 27.7 Å². The second-order valence-corrected chi connectivity index (χ2v) is 5.25. The molecule has 0 aliphatic heterocycles. The van der Waals surface area contributed by atoms with E-state index in [1.807, 2.05) is 6.07 Å². The fourth-order valence-corrected chi connectivity index (χ4v) is 2.43. The summed E-state index contributed by atoms with van der Waals surface area (Å²) in [7, 11) is 0. The monoisotopic (exact) mass is 313 g/mol. The first-order valence-electron chi connectivity index (χ1n) is 4.88. The van der Waals surface area contributed by atoms with Gasteiger partial charge in [-0.3, -0.25) is 0 Å². The van der Waals surface area contributed by atoms with Gasteiger partial charge in [-0.25, -0.2) is 9.37 Å². The van der Waals surface area contributed by atoms with E-state index < -0.39 is 0 Å². The zero-order chi connectivity index (χ0) is 12.3. The molecule has 0 saturated carbocycles. The molecule has 0 radical (unpaired) electrons. The lowest BCUT2D eigenvalue weighted by Crippen LogP contribution is -1.92. The summed E-state index contributed by atoms with van der Waals surface area (Å²) >= 11 is 4.49. The average Bonchev–Trinajstić information content (AvgIpc) is 2.34. The minimum absolute atomic E-state index is 0.184. The van der Waals surface area contributed by atoms with E-state index in [0.29, 0.717) is 15.5 Å². The minimum atomic E-state index is -0.341. The Morgan fingerprint density at radius 2 is 2.12 bits per heavy atom. The molecule has 0 aliphatic carbocycles. The Balaban J connectivity index is 2.32. The Kier molecular flexibility index (Phi) is 4.15. The highest BCUT2D eigenvalue weighted by atomic mass is 79.9. The molecule has 0 fully saturated rings. The van der Waals surface area contributed by atoms with Crippen LogP contribution in [-0.2, 0) is 6.61 Å². The van der Waals surface area contributed by atoms with Crippen molar-refractivity contribution in [1.82, 2.24) is 4.98 Å². The molecule has 1 aromatic carbocycles. The lowest BCUT2D eigenvalue weighted by atomic mass is 10.2. The molecule has 1 N–H and O–H groups in total. The van der Waals surface area contributed by atoms with E-state index in [0.717, 1.165) is 4.47 Å². The topological polar surface area (TPSA) is 33.1 Å². The van der Waals surface area contributed by atoms with Crippen LogP contribution in [0.5, 0.6) is 0 Å². The summed E-state index contributed by atoms with van der Waals surface area (Å²) in [6.45, 7) is -0.184. The van der Waals surface area contributed by atoms with Gasteiger partial charge < -0.3 is 5.11 Å². The highest BCUT2D eigenvalue weighted by Crippen LogP contribution is 2.31. The molecule has 1 heterocycles. The summed E-state index contributed by atoms with van der Waals surface area (Å²) in [4.78, 5) is 4.58. The maximum absolute atomic E-state index is 13.6. The molecule has 2 nitrogen and oxygen atoms in total. The quantitative estimate of drug-likeness (QED) is 0.939. The molecule has 5 heteroatoms. The van der Waals surface area contributed by atoms with E-state index in [9.17, 15) is 4.39 Å². The van der Waals surface area contributed by atoms with Crippen molar-refractivity contribution in [2.45, 2.75) is 16.5 Å². The van der Waals surface area contributed by atoms with Crippen molar-refractivity contribution < 1.29 is 9.50 Å². The third kappa shape index (κ3) is 3.06. The zero-order valence-electron chi connectivity index (χ0n) is 8.73. The predicted octanol–water partition coefficient (Wildman–Crippen LogP) is 3.63. The number of aliphatic hydroxyl groups is 1. The van der Waals surface area contributed by atoms with Crippen LogP contribution in [0.25, 0.3) is 0 Å². The van der Waals surface area contributed by atoms with Crippen molar-refractivity contribution in [1.29, 1.82) is 0 Å². The fourth-order valence-electron chi connectivity index (χ4n) is 1.32.